The van der Waals surface area contributed by atoms with E-state index < -0.39 is 0 Å². The Morgan fingerprint density at radius 3 is 2.22 bits per heavy atom. The molecule has 2 N–H and O–H groups in total. The molecule has 0 aromatic heterocycles. The number of hydrogen-bond acceptors (Lipinski definition) is 3. The van der Waals surface area contributed by atoms with Crippen LogP contribution < -0.4 is 5.73 Å². The number of benzene rings is 1. The molecule has 0 saturated carbocycles. The minimum atomic E-state index is -0.316. The number of nitrogens with two attached hydrogens (primary N) is 1. The lowest BCUT2D eigenvalue weighted by molar-refractivity contribution is -0.128. The molecule has 0 spiro atoms. The van der Waals surface area contributed by atoms with Crippen molar-refractivity contribution in [3.05, 3.63) is 35.4 Å². The first kappa shape index (κ1) is 14.7. The molecule has 0 amide bonds. The van der Waals surface area contributed by atoms with Crippen molar-refractivity contribution in [2.75, 3.05) is 19.8 Å². The number of nitrogens with zero attached hydrogens (tertiary/aromatic N) is 1. The summed E-state index contributed by atoms with van der Waals surface area (Å²) >= 11 is 0. The Bertz CT molecular complexity index is 368. The van der Waals surface area contributed by atoms with Gasteiger partial charge >= 0.3 is 0 Å². The Labute approximate surface area is 109 Å². The third kappa shape index (κ3) is 4.85. The van der Waals surface area contributed by atoms with Gasteiger partial charge in [0.1, 0.15) is 5.84 Å². The predicted molar refractivity (Wildman–Crippen MR) is 73.8 cm³/mol. The number of amidine groups is 1. The fourth-order valence-electron chi connectivity index (χ4n) is 1.51. The summed E-state index contributed by atoms with van der Waals surface area (Å²) in [6, 6.07) is 7.95. The van der Waals surface area contributed by atoms with Crippen molar-refractivity contribution < 1.29 is 9.47 Å². The number of hydrogen-bond donors (Lipinski definition) is 1. The van der Waals surface area contributed by atoms with Crippen molar-refractivity contribution in [3.63, 3.8) is 0 Å². The van der Waals surface area contributed by atoms with Crippen LogP contribution in [-0.2, 0) is 9.47 Å². The summed E-state index contributed by atoms with van der Waals surface area (Å²) in [6.45, 7) is 7.52. The summed E-state index contributed by atoms with van der Waals surface area (Å²) in [5.74, 6) is 0.513. The maximum absolute atomic E-state index is 5.92. The highest BCUT2D eigenvalue weighted by atomic mass is 16.7. The van der Waals surface area contributed by atoms with Gasteiger partial charge in [-0.2, -0.15) is 0 Å². The van der Waals surface area contributed by atoms with Crippen LogP contribution in [0.25, 0.3) is 0 Å². The molecule has 4 heteroatoms. The fraction of sp³-hybridized carbons (Fsp3) is 0.500. The van der Waals surface area contributed by atoms with Gasteiger partial charge in [-0.3, -0.25) is 4.99 Å². The first-order valence-electron chi connectivity index (χ1n) is 6.27. The first-order chi connectivity index (χ1) is 8.67. The molecule has 0 atom stereocenters. The van der Waals surface area contributed by atoms with Crippen LogP contribution in [0.2, 0.25) is 0 Å². The fourth-order valence-corrected chi connectivity index (χ4v) is 1.51. The lowest BCUT2D eigenvalue weighted by atomic mass is 10.1. The second-order valence-corrected chi connectivity index (χ2v) is 3.93. The Morgan fingerprint density at radius 2 is 1.72 bits per heavy atom. The van der Waals surface area contributed by atoms with Crippen LogP contribution in [0.1, 0.15) is 25.0 Å². The van der Waals surface area contributed by atoms with Gasteiger partial charge in [0.25, 0.3) is 0 Å². The average Bonchev–Trinajstić information content (AvgIpc) is 2.37. The lowest BCUT2D eigenvalue weighted by Crippen LogP contribution is -2.23. The SMILES string of the molecule is CCOC(CN=C(N)c1ccc(C)cc1)OCC. The molecule has 100 valence electrons. The summed E-state index contributed by atoms with van der Waals surface area (Å²) in [4.78, 5) is 4.31. The summed E-state index contributed by atoms with van der Waals surface area (Å²) in [7, 11) is 0. The molecule has 0 aliphatic rings. The summed E-state index contributed by atoms with van der Waals surface area (Å²) < 4.78 is 10.8. The van der Waals surface area contributed by atoms with Crippen molar-refractivity contribution in [2.24, 2.45) is 10.7 Å². The maximum atomic E-state index is 5.92. The molecule has 0 aliphatic carbocycles. The van der Waals surface area contributed by atoms with Gasteiger partial charge in [0, 0.05) is 18.8 Å². The van der Waals surface area contributed by atoms with Gasteiger partial charge in [0.2, 0.25) is 0 Å². The lowest BCUT2D eigenvalue weighted by Gasteiger charge is -2.14. The molecule has 0 bridgehead atoms. The summed E-state index contributed by atoms with van der Waals surface area (Å²) in [5.41, 5.74) is 8.05. The Morgan fingerprint density at radius 1 is 1.17 bits per heavy atom. The van der Waals surface area contributed by atoms with E-state index in [4.69, 9.17) is 15.2 Å². The highest BCUT2D eigenvalue weighted by Crippen LogP contribution is 2.03. The minimum absolute atomic E-state index is 0.316. The zero-order chi connectivity index (χ0) is 13.4. The number of aliphatic imine (C=N–C) groups is 1. The molecule has 1 aromatic rings. The van der Waals surface area contributed by atoms with E-state index in [1.165, 1.54) is 5.56 Å². The smallest absolute Gasteiger partial charge is 0.176 e. The van der Waals surface area contributed by atoms with E-state index in [1.54, 1.807) is 0 Å². The van der Waals surface area contributed by atoms with E-state index >= 15 is 0 Å². The number of ether oxygens (including phenoxy) is 2. The molecular formula is C14H22N2O2. The molecule has 18 heavy (non-hydrogen) atoms. The molecular weight excluding hydrogens is 228 g/mol. The molecule has 0 unspecified atom stereocenters. The summed E-state index contributed by atoms with van der Waals surface area (Å²) in [5, 5.41) is 0. The van der Waals surface area contributed by atoms with Gasteiger partial charge in [0.15, 0.2) is 6.29 Å². The molecule has 0 aliphatic heterocycles. The Kier molecular flexibility index (Phi) is 6.39. The highest BCUT2D eigenvalue weighted by Gasteiger charge is 2.07. The zero-order valence-electron chi connectivity index (χ0n) is 11.3. The molecule has 0 saturated heterocycles. The molecule has 0 fully saturated rings. The second-order valence-electron chi connectivity index (χ2n) is 3.93. The molecule has 1 aromatic carbocycles. The average molecular weight is 250 g/mol. The first-order valence-corrected chi connectivity index (χ1v) is 6.27. The van der Waals surface area contributed by atoms with E-state index in [-0.39, 0.29) is 6.29 Å². The third-order valence-electron chi connectivity index (χ3n) is 2.46. The predicted octanol–water partition coefficient (Wildman–Crippen LogP) is 2.10. The van der Waals surface area contributed by atoms with Crippen molar-refractivity contribution in [3.8, 4) is 0 Å². The summed E-state index contributed by atoms with van der Waals surface area (Å²) in [6.07, 6.45) is -0.316. The van der Waals surface area contributed by atoms with Crippen molar-refractivity contribution >= 4 is 5.84 Å². The quantitative estimate of drug-likeness (QED) is 0.458. The van der Waals surface area contributed by atoms with Crippen LogP contribution in [0.5, 0.6) is 0 Å². The normalized spacial score (nSPS) is 12.1. The zero-order valence-corrected chi connectivity index (χ0v) is 11.3. The topological polar surface area (TPSA) is 56.8 Å². The van der Waals surface area contributed by atoms with Gasteiger partial charge in [-0.05, 0) is 20.8 Å². The van der Waals surface area contributed by atoms with Gasteiger partial charge in [-0.1, -0.05) is 29.8 Å². The highest BCUT2D eigenvalue weighted by molar-refractivity contribution is 5.97. The van der Waals surface area contributed by atoms with Gasteiger partial charge in [0.05, 0.1) is 6.54 Å². The largest absolute Gasteiger partial charge is 0.384 e. The van der Waals surface area contributed by atoms with Crippen molar-refractivity contribution in [1.29, 1.82) is 0 Å². The van der Waals surface area contributed by atoms with Crippen molar-refractivity contribution in [1.82, 2.24) is 0 Å². The van der Waals surface area contributed by atoms with Crippen LogP contribution >= 0.6 is 0 Å². The van der Waals surface area contributed by atoms with Crippen LogP contribution in [0.4, 0.5) is 0 Å². The number of rotatable bonds is 7. The molecule has 0 radical (unpaired) electrons. The standard InChI is InChI=1S/C14H22N2O2/c1-4-17-13(18-5-2)10-16-14(15)12-8-6-11(3)7-9-12/h6-9,13H,4-5,10H2,1-3H3,(H2,15,16). The second kappa shape index (κ2) is 7.84. The van der Waals surface area contributed by atoms with Crippen LogP contribution in [0, 0.1) is 6.92 Å². The Balaban J connectivity index is 2.61. The van der Waals surface area contributed by atoms with E-state index in [0.29, 0.717) is 25.6 Å². The van der Waals surface area contributed by atoms with Gasteiger partial charge < -0.3 is 15.2 Å². The van der Waals surface area contributed by atoms with Gasteiger partial charge in [-0.25, -0.2) is 0 Å². The van der Waals surface area contributed by atoms with E-state index in [1.807, 2.05) is 45.0 Å². The minimum Gasteiger partial charge on any atom is -0.384 e. The molecule has 4 nitrogen and oxygen atoms in total. The van der Waals surface area contributed by atoms with Gasteiger partial charge in [-0.15, -0.1) is 0 Å². The monoisotopic (exact) mass is 250 g/mol. The van der Waals surface area contributed by atoms with Crippen LogP contribution in [0.3, 0.4) is 0 Å². The maximum Gasteiger partial charge on any atom is 0.176 e. The van der Waals surface area contributed by atoms with Crippen molar-refractivity contribution in [2.45, 2.75) is 27.1 Å². The van der Waals surface area contributed by atoms with Crippen LogP contribution in [0.15, 0.2) is 29.3 Å². The molecule has 0 heterocycles. The van der Waals surface area contributed by atoms with E-state index in [0.717, 1.165) is 5.56 Å². The van der Waals surface area contributed by atoms with Crippen LogP contribution in [-0.4, -0.2) is 31.9 Å². The molecule has 1 rings (SSSR count). The third-order valence-corrected chi connectivity index (χ3v) is 2.46. The van der Waals surface area contributed by atoms with E-state index in [9.17, 15) is 0 Å². The van der Waals surface area contributed by atoms with E-state index in [2.05, 4.69) is 4.99 Å². The number of aryl methyl sites for hydroxylation is 1. The Hall–Kier alpha value is -1.39.